The summed E-state index contributed by atoms with van der Waals surface area (Å²) in [4.78, 5) is 11.9. The quantitative estimate of drug-likeness (QED) is 0.315. The van der Waals surface area contributed by atoms with Gasteiger partial charge in [-0.15, -0.1) is 23.1 Å². The Morgan fingerprint density at radius 1 is 1.50 bits per heavy atom. The number of ether oxygens (including phenoxy) is 1. The zero-order valence-electron chi connectivity index (χ0n) is 14.1. The van der Waals surface area contributed by atoms with E-state index in [1.54, 1.807) is 14.0 Å². The molecule has 0 aliphatic heterocycles. The number of allylic oxidation sites excluding steroid dienone is 1. The van der Waals surface area contributed by atoms with E-state index in [1.165, 1.54) is 24.3 Å². The monoisotopic (exact) mass is 402 g/mol. The molecular weight excluding hydrogens is 385 g/mol. The van der Waals surface area contributed by atoms with Gasteiger partial charge in [-0.2, -0.15) is 13.2 Å². The number of nitrogens with two attached hydrogens (primary N) is 1. The molecule has 2 N–H and O–H groups in total. The normalized spacial score (nSPS) is 13.0. The van der Waals surface area contributed by atoms with E-state index in [-0.39, 0.29) is 21.6 Å². The predicted octanol–water partition coefficient (Wildman–Crippen LogP) is 4.73. The smallest absolute Gasteiger partial charge is 0.397 e. The molecule has 2 heterocycles. The van der Waals surface area contributed by atoms with Gasteiger partial charge in [0.1, 0.15) is 11.2 Å². The fraction of sp³-hybridized carbons (Fsp3) is 0.312. The van der Waals surface area contributed by atoms with Crippen LogP contribution in [-0.2, 0) is 10.9 Å². The number of methoxy groups -OCH3 is 1. The van der Waals surface area contributed by atoms with Crippen LogP contribution in [-0.4, -0.2) is 37.5 Å². The summed E-state index contributed by atoms with van der Waals surface area (Å²) in [6.45, 7) is 5.34. The molecule has 0 fully saturated rings. The van der Waals surface area contributed by atoms with Gasteiger partial charge in [0.05, 0.1) is 27.8 Å². The molecule has 0 aliphatic carbocycles. The molecule has 0 aliphatic rings. The van der Waals surface area contributed by atoms with Crippen molar-refractivity contribution in [1.29, 1.82) is 0 Å². The first-order chi connectivity index (χ1) is 12.3. The van der Waals surface area contributed by atoms with E-state index in [9.17, 15) is 13.2 Å². The number of nitrogen functional groups attached to an aromatic ring is 1. The summed E-state index contributed by atoms with van der Waals surface area (Å²) in [5, 5.41) is -0.0600. The highest BCUT2D eigenvalue weighted by Crippen LogP contribution is 2.45. The summed E-state index contributed by atoms with van der Waals surface area (Å²) in [6.07, 6.45) is -1.97. The average molecular weight is 402 g/mol. The van der Waals surface area contributed by atoms with Crippen LogP contribution in [0.2, 0.25) is 0 Å². The van der Waals surface area contributed by atoms with Crippen molar-refractivity contribution >= 4 is 57.6 Å². The van der Waals surface area contributed by atoms with Gasteiger partial charge >= 0.3 is 6.18 Å². The Labute approximate surface area is 156 Å². The second-order valence-electron chi connectivity index (χ2n) is 5.14. The molecule has 2 aromatic rings. The molecule has 5 nitrogen and oxygen atoms in total. The lowest BCUT2D eigenvalue weighted by Crippen LogP contribution is -2.08. The van der Waals surface area contributed by atoms with Crippen LogP contribution in [0.4, 0.5) is 18.9 Å². The maximum absolute atomic E-state index is 13.6. The van der Waals surface area contributed by atoms with E-state index in [2.05, 4.69) is 21.7 Å². The van der Waals surface area contributed by atoms with Crippen molar-refractivity contribution in [2.75, 3.05) is 25.2 Å². The third-order valence-corrected chi connectivity index (χ3v) is 5.66. The van der Waals surface area contributed by atoms with E-state index in [1.807, 2.05) is 0 Å². The fourth-order valence-corrected chi connectivity index (χ4v) is 4.38. The van der Waals surface area contributed by atoms with Crippen LogP contribution in [0.1, 0.15) is 18.2 Å². The van der Waals surface area contributed by atoms with Gasteiger partial charge in [-0.25, -0.2) is 9.98 Å². The number of thioether (sulfide) groups is 1. The predicted molar refractivity (Wildman–Crippen MR) is 103 cm³/mol. The Kier molecular flexibility index (Phi) is 6.79. The molecule has 0 aromatic carbocycles. The lowest BCUT2D eigenvalue weighted by Gasteiger charge is -2.11. The number of halogens is 3. The van der Waals surface area contributed by atoms with Crippen molar-refractivity contribution in [1.82, 2.24) is 4.98 Å². The highest BCUT2D eigenvalue weighted by atomic mass is 32.2. The minimum Gasteiger partial charge on any atom is -0.397 e. The van der Waals surface area contributed by atoms with Crippen LogP contribution in [0.5, 0.6) is 0 Å². The Morgan fingerprint density at radius 2 is 2.23 bits per heavy atom. The molecular formula is C16H17F3N4OS2. The summed E-state index contributed by atoms with van der Waals surface area (Å²) in [5.74, 6) is 0.587. The maximum Gasteiger partial charge on any atom is 0.417 e. The third kappa shape index (κ3) is 4.63. The first-order valence-electron chi connectivity index (χ1n) is 7.36. The number of alkyl halides is 3. The number of hydrogen-bond donors (Lipinski definition) is 1. The Bertz CT molecular complexity index is 859. The number of aromatic nitrogens is 1. The second kappa shape index (κ2) is 8.65. The van der Waals surface area contributed by atoms with Crippen molar-refractivity contribution in [2.45, 2.75) is 17.3 Å². The standard InChI is InChI=1S/C16H17F3N4OS2/c1-9(7-22-8-21-2)11-6-10(16(17,18)19)12-13(20)15(25-5-4-24-3)26-14(12)23-11/h6-8H,2,4-5,20H2,1,3H3/b9-7+,22-8-. The first kappa shape index (κ1) is 20.4. The highest BCUT2D eigenvalue weighted by molar-refractivity contribution is 8.01. The van der Waals surface area contributed by atoms with Crippen molar-refractivity contribution in [3.63, 3.8) is 0 Å². The number of fused-ring (bicyclic) bond motifs is 1. The lowest BCUT2D eigenvalue weighted by atomic mass is 10.1. The van der Waals surface area contributed by atoms with Gasteiger partial charge in [-0.3, -0.25) is 4.99 Å². The van der Waals surface area contributed by atoms with Crippen LogP contribution >= 0.6 is 23.1 Å². The molecule has 0 bridgehead atoms. The average Bonchev–Trinajstić information content (AvgIpc) is 2.89. The van der Waals surface area contributed by atoms with Crippen LogP contribution in [0, 0.1) is 0 Å². The molecule has 0 atom stereocenters. The zero-order valence-corrected chi connectivity index (χ0v) is 15.8. The highest BCUT2D eigenvalue weighted by Gasteiger charge is 2.35. The van der Waals surface area contributed by atoms with Gasteiger partial charge in [0.25, 0.3) is 0 Å². The van der Waals surface area contributed by atoms with Crippen molar-refractivity contribution < 1.29 is 17.9 Å². The second-order valence-corrected chi connectivity index (χ2v) is 7.50. The summed E-state index contributed by atoms with van der Waals surface area (Å²) in [6, 6.07) is 0.998. The van der Waals surface area contributed by atoms with E-state index in [0.29, 0.717) is 22.1 Å². The largest absolute Gasteiger partial charge is 0.417 e. The topological polar surface area (TPSA) is 72.9 Å². The fourth-order valence-electron chi connectivity index (χ4n) is 2.11. The third-order valence-electron chi connectivity index (χ3n) is 3.31. The van der Waals surface area contributed by atoms with Gasteiger partial charge in [0.15, 0.2) is 0 Å². The molecule has 0 saturated heterocycles. The van der Waals surface area contributed by atoms with E-state index < -0.39 is 11.7 Å². The first-order valence-corrected chi connectivity index (χ1v) is 9.16. The van der Waals surface area contributed by atoms with Crippen molar-refractivity contribution in [2.24, 2.45) is 9.98 Å². The Balaban J connectivity index is 2.60. The molecule has 140 valence electrons. The van der Waals surface area contributed by atoms with E-state index in [4.69, 9.17) is 10.5 Å². The van der Waals surface area contributed by atoms with Gasteiger partial charge < -0.3 is 10.5 Å². The molecule has 0 amide bonds. The van der Waals surface area contributed by atoms with Crippen LogP contribution < -0.4 is 5.73 Å². The van der Waals surface area contributed by atoms with Gasteiger partial charge in [0.2, 0.25) is 0 Å². The summed E-state index contributed by atoms with van der Waals surface area (Å²) >= 11 is 2.49. The number of pyridine rings is 1. The van der Waals surface area contributed by atoms with Crippen molar-refractivity contribution in [3.8, 4) is 0 Å². The number of thiophene rings is 1. The molecule has 26 heavy (non-hydrogen) atoms. The molecule has 0 spiro atoms. The van der Waals surface area contributed by atoms with Crippen LogP contribution in [0.15, 0.2) is 26.5 Å². The number of nitrogens with zero attached hydrogens (tertiary/aromatic N) is 3. The molecule has 0 unspecified atom stereocenters. The summed E-state index contributed by atoms with van der Waals surface area (Å²) in [7, 11) is 1.56. The van der Waals surface area contributed by atoms with E-state index >= 15 is 0 Å². The van der Waals surface area contributed by atoms with Crippen LogP contribution in [0.3, 0.4) is 0 Å². The molecule has 2 rings (SSSR count). The minimum absolute atomic E-state index is 0.0600. The number of aliphatic imine (C=N–C) groups is 2. The molecule has 2 aromatic heterocycles. The SMILES string of the molecule is C=N/C=N\C=C(/C)c1cc(C(F)(F)F)c2c(N)c(SCCOC)sc2n1. The molecule has 0 saturated carbocycles. The Hall–Kier alpha value is -1.91. The summed E-state index contributed by atoms with van der Waals surface area (Å²) < 4.78 is 46.3. The van der Waals surface area contributed by atoms with Gasteiger partial charge in [-0.05, 0) is 25.3 Å². The maximum atomic E-state index is 13.6. The Morgan fingerprint density at radius 3 is 2.85 bits per heavy atom. The number of rotatable bonds is 7. The minimum atomic E-state index is -4.55. The summed E-state index contributed by atoms with van der Waals surface area (Å²) in [5.41, 5.74) is 5.95. The van der Waals surface area contributed by atoms with Gasteiger partial charge in [0, 0.05) is 24.4 Å². The molecule has 0 radical (unpaired) electrons. The van der Waals surface area contributed by atoms with Crippen LogP contribution in [0.25, 0.3) is 15.8 Å². The lowest BCUT2D eigenvalue weighted by molar-refractivity contribution is -0.136. The van der Waals surface area contributed by atoms with Crippen molar-refractivity contribution in [3.05, 3.63) is 23.5 Å². The zero-order chi connectivity index (χ0) is 19.3. The number of hydrogen-bond acceptors (Lipinski definition) is 6. The molecule has 10 heteroatoms. The number of anilines is 1. The van der Waals surface area contributed by atoms with Gasteiger partial charge in [-0.1, -0.05) is 0 Å². The van der Waals surface area contributed by atoms with E-state index in [0.717, 1.165) is 17.4 Å².